The van der Waals surface area contributed by atoms with Crippen molar-refractivity contribution in [3.8, 4) is 0 Å². The fraction of sp³-hybridized carbons (Fsp3) is 0.417. The van der Waals surface area contributed by atoms with Gasteiger partial charge in [0, 0.05) is 5.56 Å². The van der Waals surface area contributed by atoms with Crippen LogP contribution in [0.25, 0.3) is 0 Å². The van der Waals surface area contributed by atoms with Gasteiger partial charge in [0.15, 0.2) is 0 Å². The summed E-state index contributed by atoms with van der Waals surface area (Å²) in [5.74, 6) is 0.263. The summed E-state index contributed by atoms with van der Waals surface area (Å²) >= 11 is 0. The van der Waals surface area contributed by atoms with Crippen molar-refractivity contribution in [2.24, 2.45) is 10.7 Å². The standard InChI is InChI=1S/C12H13F3N2O/c13-12(14,15)9-3-1-2-8(6-9)11-17-7-10(18-11)4-5-16/h1-3,6,10H,4-5,7,16H2. The van der Waals surface area contributed by atoms with Crippen LogP contribution in [0.3, 0.4) is 0 Å². The fourth-order valence-corrected chi connectivity index (χ4v) is 1.74. The minimum atomic E-state index is -4.36. The number of ether oxygens (including phenoxy) is 1. The van der Waals surface area contributed by atoms with Crippen LogP contribution in [0, 0.1) is 0 Å². The zero-order valence-electron chi connectivity index (χ0n) is 9.57. The quantitative estimate of drug-likeness (QED) is 0.903. The van der Waals surface area contributed by atoms with Gasteiger partial charge in [0.05, 0.1) is 12.1 Å². The normalized spacial score (nSPS) is 19.6. The van der Waals surface area contributed by atoms with Crippen molar-refractivity contribution in [1.29, 1.82) is 0 Å². The van der Waals surface area contributed by atoms with Gasteiger partial charge in [-0.1, -0.05) is 6.07 Å². The van der Waals surface area contributed by atoms with Crippen LogP contribution in [0.2, 0.25) is 0 Å². The molecule has 1 aromatic rings. The molecule has 0 amide bonds. The van der Waals surface area contributed by atoms with E-state index in [4.69, 9.17) is 10.5 Å². The average molecular weight is 258 g/mol. The Morgan fingerprint density at radius 3 is 2.83 bits per heavy atom. The molecule has 1 aliphatic heterocycles. The summed E-state index contributed by atoms with van der Waals surface area (Å²) < 4.78 is 43.1. The highest BCUT2D eigenvalue weighted by Gasteiger charge is 2.31. The number of hydrogen-bond acceptors (Lipinski definition) is 3. The Labute approximate surface area is 102 Å². The second kappa shape index (κ2) is 4.97. The van der Waals surface area contributed by atoms with Gasteiger partial charge in [-0.2, -0.15) is 13.2 Å². The third-order valence-electron chi connectivity index (χ3n) is 2.64. The molecule has 0 saturated heterocycles. The van der Waals surface area contributed by atoms with E-state index in [1.807, 2.05) is 0 Å². The van der Waals surface area contributed by atoms with Crippen molar-refractivity contribution < 1.29 is 17.9 Å². The average Bonchev–Trinajstić information content (AvgIpc) is 2.77. The van der Waals surface area contributed by atoms with Crippen LogP contribution in [0.1, 0.15) is 17.5 Å². The second-order valence-electron chi connectivity index (χ2n) is 4.04. The van der Waals surface area contributed by atoms with Gasteiger partial charge in [-0.3, -0.25) is 0 Å². The van der Waals surface area contributed by atoms with Crippen LogP contribution in [0.5, 0.6) is 0 Å². The van der Waals surface area contributed by atoms with Crippen LogP contribution < -0.4 is 5.73 Å². The van der Waals surface area contributed by atoms with Crippen molar-refractivity contribution in [3.63, 3.8) is 0 Å². The molecule has 1 atom stereocenters. The van der Waals surface area contributed by atoms with Gasteiger partial charge >= 0.3 is 6.18 Å². The summed E-state index contributed by atoms with van der Waals surface area (Å²) in [4.78, 5) is 4.10. The number of alkyl halides is 3. The molecule has 6 heteroatoms. The van der Waals surface area contributed by atoms with E-state index < -0.39 is 11.7 Å². The zero-order valence-corrected chi connectivity index (χ0v) is 9.57. The Kier molecular flexibility index (Phi) is 3.56. The predicted molar refractivity (Wildman–Crippen MR) is 61.4 cm³/mol. The van der Waals surface area contributed by atoms with E-state index in [0.29, 0.717) is 25.1 Å². The molecule has 1 unspecified atom stereocenters. The number of halogens is 3. The highest BCUT2D eigenvalue weighted by atomic mass is 19.4. The van der Waals surface area contributed by atoms with Crippen LogP contribution in [-0.4, -0.2) is 25.1 Å². The van der Waals surface area contributed by atoms with Gasteiger partial charge in [-0.05, 0) is 31.2 Å². The van der Waals surface area contributed by atoms with E-state index in [1.54, 1.807) is 6.07 Å². The van der Waals surface area contributed by atoms with Gasteiger partial charge in [-0.15, -0.1) is 0 Å². The van der Waals surface area contributed by atoms with E-state index in [2.05, 4.69) is 4.99 Å². The smallest absolute Gasteiger partial charge is 0.416 e. The minimum absolute atomic E-state index is 0.125. The van der Waals surface area contributed by atoms with Crippen LogP contribution in [0.15, 0.2) is 29.3 Å². The zero-order chi connectivity index (χ0) is 13.2. The molecule has 0 aromatic heterocycles. The maximum absolute atomic E-state index is 12.6. The molecule has 0 bridgehead atoms. The summed E-state index contributed by atoms with van der Waals surface area (Å²) in [6.07, 6.45) is -3.84. The Balaban J connectivity index is 2.16. The highest BCUT2D eigenvalue weighted by molar-refractivity contribution is 5.95. The number of rotatable bonds is 3. The van der Waals surface area contributed by atoms with Crippen LogP contribution in [0.4, 0.5) is 13.2 Å². The predicted octanol–water partition coefficient (Wildman–Crippen LogP) is 2.20. The molecule has 0 spiro atoms. The van der Waals surface area contributed by atoms with Gasteiger partial charge in [0.1, 0.15) is 6.10 Å². The van der Waals surface area contributed by atoms with Gasteiger partial charge < -0.3 is 10.5 Å². The van der Waals surface area contributed by atoms with E-state index in [1.165, 1.54) is 6.07 Å². The lowest BCUT2D eigenvalue weighted by atomic mass is 10.1. The molecule has 1 heterocycles. The van der Waals surface area contributed by atoms with Crippen molar-refractivity contribution in [2.75, 3.05) is 13.1 Å². The van der Waals surface area contributed by atoms with Crippen molar-refractivity contribution >= 4 is 5.90 Å². The molecular weight excluding hydrogens is 245 g/mol. The van der Waals surface area contributed by atoms with Crippen LogP contribution in [-0.2, 0) is 10.9 Å². The molecule has 2 N–H and O–H groups in total. The molecule has 3 nitrogen and oxygen atoms in total. The summed E-state index contributed by atoms with van der Waals surface area (Å²) in [5.41, 5.74) is 5.04. The van der Waals surface area contributed by atoms with Crippen LogP contribution >= 0.6 is 0 Å². The number of benzene rings is 1. The molecule has 0 aliphatic carbocycles. The summed E-state index contributed by atoms with van der Waals surface area (Å²) in [5, 5.41) is 0. The molecule has 18 heavy (non-hydrogen) atoms. The van der Waals surface area contributed by atoms with Crippen molar-refractivity contribution in [2.45, 2.75) is 18.7 Å². The topological polar surface area (TPSA) is 47.6 Å². The number of hydrogen-bond donors (Lipinski definition) is 1. The second-order valence-corrected chi connectivity index (χ2v) is 4.04. The van der Waals surface area contributed by atoms with Gasteiger partial charge in [0.2, 0.25) is 5.90 Å². The third-order valence-corrected chi connectivity index (χ3v) is 2.64. The Morgan fingerprint density at radius 1 is 1.39 bits per heavy atom. The molecule has 0 saturated carbocycles. The van der Waals surface area contributed by atoms with Crippen molar-refractivity contribution in [3.05, 3.63) is 35.4 Å². The van der Waals surface area contributed by atoms with Gasteiger partial charge in [0.25, 0.3) is 0 Å². The first-order valence-corrected chi connectivity index (χ1v) is 5.59. The maximum Gasteiger partial charge on any atom is 0.416 e. The Bertz CT molecular complexity index is 457. The number of aliphatic imine (C=N–C) groups is 1. The highest BCUT2D eigenvalue weighted by Crippen LogP contribution is 2.30. The first-order valence-electron chi connectivity index (χ1n) is 5.59. The molecule has 98 valence electrons. The molecule has 0 fully saturated rings. The molecule has 1 aliphatic rings. The Morgan fingerprint density at radius 2 is 2.17 bits per heavy atom. The van der Waals surface area contributed by atoms with E-state index in [0.717, 1.165) is 12.1 Å². The number of nitrogens with two attached hydrogens (primary N) is 1. The molecule has 0 radical (unpaired) electrons. The minimum Gasteiger partial charge on any atom is -0.472 e. The SMILES string of the molecule is NCCC1CN=C(c2cccc(C(F)(F)F)c2)O1. The molecule has 1 aromatic carbocycles. The summed E-state index contributed by atoms with van der Waals surface area (Å²) in [7, 11) is 0. The lowest BCUT2D eigenvalue weighted by Crippen LogP contribution is -2.18. The monoisotopic (exact) mass is 258 g/mol. The first-order chi connectivity index (χ1) is 8.50. The summed E-state index contributed by atoms with van der Waals surface area (Å²) in [6.45, 7) is 0.916. The lowest BCUT2D eigenvalue weighted by molar-refractivity contribution is -0.137. The first kappa shape index (κ1) is 12.9. The van der Waals surface area contributed by atoms with E-state index in [9.17, 15) is 13.2 Å². The third kappa shape index (κ3) is 2.81. The summed E-state index contributed by atoms with van der Waals surface area (Å²) in [6, 6.07) is 4.97. The van der Waals surface area contributed by atoms with E-state index in [-0.39, 0.29) is 12.0 Å². The molecule has 2 rings (SSSR count). The number of nitrogens with zero attached hydrogens (tertiary/aromatic N) is 1. The molecular formula is C12H13F3N2O. The van der Waals surface area contributed by atoms with E-state index >= 15 is 0 Å². The largest absolute Gasteiger partial charge is 0.472 e. The van der Waals surface area contributed by atoms with Crippen molar-refractivity contribution in [1.82, 2.24) is 0 Å². The Hall–Kier alpha value is -1.56. The lowest BCUT2D eigenvalue weighted by Gasteiger charge is -2.11. The fourth-order valence-electron chi connectivity index (χ4n) is 1.74. The van der Waals surface area contributed by atoms with Gasteiger partial charge in [-0.25, -0.2) is 4.99 Å². The maximum atomic E-state index is 12.6.